The molecule has 1 heterocycles. The van der Waals surface area contributed by atoms with Gasteiger partial charge in [-0.2, -0.15) is 4.98 Å². The zero-order chi connectivity index (χ0) is 11.7. The Bertz CT molecular complexity index is 522. The number of rotatable bonds is 4. The summed E-state index contributed by atoms with van der Waals surface area (Å²) in [7, 11) is 0. The summed E-state index contributed by atoms with van der Waals surface area (Å²) in [5.41, 5.74) is 0.850. The van der Waals surface area contributed by atoms with Crippen molar-refractivity contribution in [1.29, 1.82) is 0 Å². The first-order valence-corrected chi connectivity index (χ1v) is 6.01. The number of hydrogen-bond donors (Lipinski definition) is 1. The van der Waals surface area contributed by atoms with Gasteiger partial charge < -0.3 is 9.84 Å². The normalized spacial score (nSPS) is 15.1. The minimum Gasteiger partial charge on any atom is -0.334 e. The van der Waals surface area contributed by atoms with E-state index in [1.54, 1.807) is 0 Å². The van der Waals surface area contributed by atoms with Crippen LogP contribution in [0.5, 0.6) is 0 Å². The molecule has 5 heteroatoms. The van der Waals surface area contributed by atoms with Gasteiger partial charge in [-0.05, 0) is 31.0 Å². The molecule has 0 unspecified atom stereocenters. The maximum absolute atomic E-state index is 5.91. The van der Waals surface area contributed by atoms with Gasteiger partial charge in [-0.15, -0.1) is 0 Å². The molecule has 0 saturated heterocycles. The summed E-state index contributed by atoms with van der Waals surface area (Å²) >= 11 is 5.91. The summed E-state index contributed by atoms with van der Waals surface area (Å²) in [6.07, 6.45) is 2.50. The van der Waals surface area contributed by atoms with Crippen molar-refractivity contribution in [3.05, 3.63) is 35.1 Å². The van der Waals surface area contributed by atoms with Crippen LogP contribution < -0.4 is 5.32 Å². The predicted molar refractivity (Wildman–Crippen MR) is 64.6 cm³/mol. The van der Waals surface area contributed by atoms with E-state index in [2.05, 4.69) is 15.5 Å². The molecular weight excluding hydrogens is 238 g/mol. The molecule has 1 aliphatic carbocycles. The molecule has 1 N–H and O–H groups in total. The lowest BCUT2D eigenvalue weighted by molar-refractivity contribution is 0.419. The van der Waals surface area contributed by atoms with Crippen LogP contribution >= 0.6 is 11.6 Å². The molecule has 2 aromatic rings. The molecule has 1 aliphatic rings. The summed E-state index contributed by atoms with van der Waals surface area (Å²) in [5.74, 6) is 1.20. The molecule has 0 spiro atoms. The van der Waals surface area contributed by atoms with E-state index in [0.717, 1.165) is 5.56 Å². The molecule has 0 amide bonds. The Kier molecular flexibility index (Phi) is 2.82. The maximum Gasteiger partial charge on any atom is 0.258 e. The van der Waals surface area contributed by atoms with E-state index in [9.17, 15) is 0 Å². The number of halogens is 1. The monoisotopic (exact) mass is 249 g/mol. The van der Waals surface area contributed by atoms with Crippen molar-refractivity contribution in [2.75, 3.05) is 0 Å². The fourth-order valence-electron chi connectivity index (χ4n) is 1.59. The van der Waals surface area contributed by atoms with Gasteiger partial charge in [-0.1, -0.05) is 22.8 Å². The molecule has 0 atom stereocenters. The fourth-order valence-corrected chi connectivity index (χ4v) is 1.78. The molecule has 1 aromatic heterocycles. The smallest absolute Gasteiger partial charge is 0.258 e. The molecule has 17 heavy (non-hydrogen) atoms. The van der Waals surface area contributed by atoms with Crippen molar-refractivity contribution >= 4 is 11.6 Å². The third kappa shape index (κ3) is 2.65. The highest BCUT2D eigenvalue weighted by molar-refractivity contribution is 6.30. The van der Waals surface area contributed by atoms with Crippen molar-refractivity contribution in [1.82, 2.24) is 15.5 Å². The molecule has 0 aliphatic heterocycles. The van der Waals surface area contributed by atoms with Gasteiger partial charge in [0, 0.05) is 16.6 Å². The SMILES string of the molecule is Clc1cccc(-c2nc(CNC3CC3)no2)c1. The molecule has 0 radical (unpaired) electrons. The van der Waals surface area contributed by atoms with Crippen LogP contribution in [0.15, 0.2) is 28.8 Å². The number of nitrogens with zero attached hydrogens (tertiary/aromatic N) is 2. The third-order valence-corrected chi connectivity index (χ3v) is 2.90. The summed E-state index contributed by atoms with van der Waals surface area (Å²) in [4.78, 5) is 4.32. The largest absolute Gasteiger partial charge is 0.334 e. The van der Waals surface area contributed by atoms with E-state index in [4.69, 9.17) is 16.1 Å². The topological polar surface area (TPSA) is 51.0 Å². The van der Waals surface area contributed by atoms with Crippen LogP contribution in [-0.2, 0) is 6.54 Å². The quantitative estimate of drug-likeness (QED) is 0.905. The van der Waals surface area contributed by atoms with E-state index >= 15 is 0 Å². The van der Waals surface area contributed by atoms with E-state index in [1.165, 1.54) is 12.8 Å². The fraction of sp³-hybridized carbons (Fsp3) is 0.333. The second-order valence-corrected chi connectivity index (χ2v) is 4.62. The van der Waals surface area contributed by atoms with Gasteiger partial charge >= 0.3 is 0 Å². The molecular formula is C12H12ClN3O. The van der Waals surface area contributed by atoms with Crippen molar-refractivity contribution in [2.24, 2.45) is 0 Å². The minimum absolute atomic E-state index is 0.514. The number of hydrogen-bond acceptors (Lipinski definition) is 4. The summed E-state index contributed by atoms with van der Waals surface area (Å²) in [5, 5.41) is 7.93. The zero-order valence-corrected chi connectivity index (χ0v) is 9.94. The number of aromatic nitrogens is 2. The Hall–Kier alpha value is -1.39. The van der Waals surface area contributed by atoms with Crippen molar-refractivity contribution in [3.8, 4) is 11.5 Å². The molecule has 1 fully saturated rings. The van der Waals surface area contributed by atoms with E-state index < -0.39 is 0 Å². The van der Waals surface area contributed by atoms with Crippen LogP contribution in [0.1, 0.15) is 18.7 Å². The number of nitrogens with one attached hydrogen (secondary N) is 1. The predicted octanol–water partition coefficient (Wildman–Crippen LogP) is 2.64. The zero-order valence-electron chi connectivity index (χ0n) is 9.19. The van der Waals surface area contributed by atoms with E-state index in [1.807, 2.05) is 24.3 Å². The van der Waals surface area contributed by atoms with Crippen LogP contribution in [0, 0.1) is 0 Å². The average molecular weight is 250 g/mol. The average Bonchev–Trinajstić information content (AvgIpc) is 3.04. The Morgan fingerprint density at radius 1 is 1.41 bits per heavy atom. The van der Waals surface area contributed by atoms with Gasteiger partial charge in [0.2, 0.25) is 0 Å². The highest BCUT2D eigenvalue weighted by Crippen LogP contribution is 2.22. The minimum atomic E-state index is 0.514. The Balaban J connectivity index is 1.74. The standard InChI is InChI=1S/C12H12ClN3O/c13-9-3-1-2-8(6-9)12-15-11(16-17-12)7-14-10-4-5-10/h1-3,6,10,14H,4-5,7H2. The second-order valence-electron chi connectivity index (χ2n) is 4.18. The molecule has 1 aromatic carbocycles. The van der Waals surface area contributed by atoms with Crippen molar-refractivity contribution in [3.63, 3.8) is 0 Å². The second kappa shape index (κ2) is 4.47. The van der Waals surface area contributed by atoms with Crippen LogP contribution in [0.25, 0.3) is 11.5 Å². The van der Waals surface area contributed by atoms with Gasteiger partial charge in [0.1, 0.15) is 0 Å². The molecule has 3 rings (SSSR count). The van der Waals surface area contributed by atoms with Crippen LogP contribution in [-0.4, -0.2) is 16.2 Å². The Morgan fingerprint density at radius 3 is 3.06 bits per heavy atom. The van der Waals surface area contributed by atoms with Gasteiger partial charge in [0.15, 0.2) is 5.82 Å². The molecule has 0 bridgehead atoms. The lowest BCUT2D eigenvalue weighted by Crippen LogP contribution is -2.16. The first-order chi connectivity index (χ1) is 8.31. The third-order valence-electron chi connectivity index (χ3n) is 2.67. The highest BCUT2D eigenvalue weighted by atomic mass is 35.5. The van der Waals surface area contributed by atoms with E-state index in [-0.39, 0.29) is 0 Å². The summed E-state index contributed by atoms with van der Waals surface area (Å²) in [6.45, 7) is 0.661. The lowest BCUT2D eigenvalue weighted by Gasteiger charge is -1.95. The van der Waals surface area contributed by atoms with Crippen LogP contribution in [0.3, 0.4) is 0 Å². The van der Waals surface area contributed by atoms with Gasteiger partial charge in [0.25, 0.3) is 5.89 Å². The first-order valence-electron chi connectivity index (χ1n) is 5.63. The number of benzene rings is 1. The molecule has 88 valence electrons. The van der Waals surface area contributed by atoms with E-state index in [0.29, 0.717) is 29.3 Å². The van der Waals surface area contributed by atoms with Crippen LogP contribution in [0.2, 0.25) is 5.02 Å². The first kappa shape index (κ1) is 10.7. The summed E-state index contributed by atoms with van der Waals surface area (Å²) < 4.78 is 5.20. The van der Waals surface area contributed by atoms with Crippen LogP contribution in [0.4, 0.5) is 0 Å². The molecule has 1 saturated carbocycles. The van der Waals surface area contributed by atoms with Gasteiger partial charge in [0.05, 0.1) is 6.54 Å². The lowest BCUT2D eigenvalue weighted by atomic mass is 10.2. The summed E-state index contributed by atoms with van der Waals surface area (Å²) in [6, 6.07) is 8.04. The van der Waals surface area contributed by atoms with Crippen molar-refractivity contribution < 1.29 is 4.52 Å². The highest BCUT2D eigenvalue weighted by Gasteiger charge is 2.21. The Morgan fingerprint density at radius 2 is 2.29 bits per heavy atom. The van der Waals surface area contributed by atoms with Gasteiger partial charge in [-0.3, -0.25) is 0 Å². The molecule has 4 nitrogen and oxygen atoms in total. The Labute approximate surface area is 104 Å². The maximum atomic E-state index is 5.91. The van der Waals surface area contributed by atoms with Crippen molar-refractivity contribution in [2.45, 2.75) is 25.4 Å². The van der Waals surface area contributed by atoms with Gasteiger partial charge in [-0.25, -0.2) is 0 Å².